The molecule has 0 aliphatic rings. The zero-order chi connectivity index (χ0) is 16.8. The molecule has 0 unspecified atom stereocenters. The molecule has 120 valence electrons. The highest BCUT2D eigenvalue weighted by atomic mass is 35.5. The molecule has 2 aromatic carbocycles. The van der Waals surface area contributed by atoms with Crippen LogP contribution in [-0.2, 0) is 0 Å². The lowest BCUT2D eigenvalue weighted by Gasteiger charge is -2.08. The first kappa shape index (κ1) is 16.7. The smallest absolute Gasteiger partial charge is 0.387 e. The summed E-state index contributed by atoms with van der Waals surface area (Å²) in [6, 6.07) is 11.1. The van der Waals surface area contributed by atoms with Crippen molar-refractivity contribution in [1.82, 2.24) is 10.9 Å². The second-order valence-electron chi connectivity index (χ2n) is 4.32. The zero-order valence-electron chi connectivity index (χ0n) is 11.6. The van der Waals surface area contributed by atoms with Gasteiger partial charge in [0, 0.05) is 16.1 Å². The summed E-state index contributed by atoms with van der Waals surface area (Å²) in [7, 11) is 0. The van der Waals surface area contributed by atoms with Crippen molar-refractivity contribution in [3.05, 3.63) is 64.7 Å². The molecule has 0 radical (unpaired) electrons. The predicted octanol–water partition coefficient (Wildman–Crippen LogP) is 3.02. The standard InChI is InChI=1S/C15H11ClF2N2O3/c16-11-5-1-9(2-6-11)13(21)19-20-14(22)10-3-7-12(8-4-10)23-15(17)18/h1-8,15H,(H,19,21)(H,20,22). The van der Waals surface area contributed by atoms with E-state index in [1.54, 1.807) is 12.1 Å². The highest BCUT2D eigenvalue weighted by Gasteiger charge is 2.10. The quantitative estimate of drug-likeness (QED) is 0.841. The van der Waals surface area contributed by atoms with Gasteiger partial charge in [0.05, 0.1) is 0 Å². The number of hydrogen-bond donors (Lipinski definition) is 2. The number of carbonyl (C=O) groups excluding carboxylic acids is 2. The fraction of sp³-hybridized carbons (Fsp3) is 0.0667. The molecule has 0 aliphatic heterocycles. The lowest BCUT2D eigenvalue weighted by molar-refractivity contribution is -0.0498. The molecule has 0 saturated heterocycles. The summed E-state index contributed by atoms with van der Waals surface area (Å²) < 4.78 is 28.2. The maximum absolute atomic E-state index is 12.0. The van der Waals surface area contributed by atoms with Gasteiger partial charge >= 0.3 is 6.61 Å². The van der Waals surface area contributed by atoms with E-state index in [0.29, 0.717) is 10.6 Å². The van der Waals surface area contributed by atoms with Gasteiger partial charge in [0.2, 0.25) is 0 Å². The fourth-order valence-electron chi connectivity index (χ4n) is 1.65. The Morgan fingerprint density at radius 1 is 0.870 bits per heavy atom. The SMILES string of the molecule is O=C(NNC(=O)c1ccc(OC(F)F)cc1)c1ccc(Cl)cc1. The third kappa shape index (κ3) is 4.93. The average molecular weight is 341 g/mol. The van der Waals surface area contributed by atoms with Gasteiger partial charge in [-0.1, -0.05) is 11.6 Å². The first-order valence-corrected chi connectivity index (χ1v) is 6.74. The number of amides is 2. The maximum Gasteiger partial charge on any atom is 0.387 e. The van der Waals surface area contributed by atoms with E-state index in [-0.39, 0.29) is 11.3 Å². The Kier molecular flexibility index (Phi) is 5.48. The van der Waals surface area contributed by atoms with Crippen molar-refractivity contribution in [2.75, 3.05) is 0 Å². The highest BCUT2D eigenvalue weighted by molar-refractivity contribution is 6.30. The Balaban J connectivity index is 1.91. The largest absolute Gasteiger partial charge is 0.435 e. The Labute approximate surface area is 135 Å². The second kappa shape index (κ2) is 7.55. The van der Waals surface area contributed by atoms with Crippen molar-refractivity contribution in [2.45, 2.75) is 6.61 Å². The van der Waals surface area contributed by atoms with E-state index in [2.05, 4.69) is 15.6 Å². The molecule has 0 heterocycles. The van der Waals surface area contributed by atoms with Crippen molar-refractivity contribution < 1.29 is 23.1 Å². The van der Waals surface area contributed by atoms with E-state index in [1.807, 2.05) is 0 Å². The molecular formula is C15H11ClF2N2O3. The van der Waals surface area contributed by atoms with Gasteiger partial charge in [0.1, 0.15) is 5.75 Å². The van der Waals surface area contributed by atoms with Gasteiger partial charge < -0.3 is 4.74 Å². The molecule has 8 heteroatoms. The summed E-state index contributed by atoms with van der Waals surface area (Å²) in [5.74, 6) is -1.19. The molecule has 0 bridgehead atoms. The maximum atomic E-state index is 12.0. The first-order chi connectivity index (χ1) is 11.0. The Morgan fingerprint density at radius 2 is 1.30 bits per heavy atom. The van der Waals surface area contributed by atoms with Crippen molar-refractivity contribution >= 4 is 23.4 Å². The summed E-state index contributed by atoms with van der Waals surface area (Å²) >= 11 is 5.71. The Morgan fingerprint density at radius 3 is 1.74 bits per heavy atom. The van der Waals surface area contributed by atoms with Gasteiger partial charge in [-0.2, -0.15) is 8.78 Å². The molecule has 2 aromatic rings. The summed E-state index contributed by atoms with van der Waals surface area (Å²) in [6.07, 6.45) is 0. The number of alkyl halides is 2. The van der Waals surface area contributed by atoms with Crippen molar-refractivity contribution in [1.29, 1.82) is 0 Å². The van der Waals surface area contributed by atoms with Gasteiger partial charge in [-0.25, -0.2) is 0 Å². The minimum absolute atomic E-state index is 0.0678. The Hall–Kier alpha value is -2.67. The monoisotopic (exact) mass is 340 g/mol. The average Bonchev–Trinajstić information content (AvgIpc) is 2.53. The van der Waals surface area contributed by atoms with Crippen molar-refractivity contribution in [3.63, 3.8) is 0 Å². The zero-order valence-corrected chi connectivity index (χ0v) is 12.3. The van der Waals surface area contributed by atoms with Gasteiger partial charge in [-0.3, -0.25) is 20.4 Å². The molecule has 0 saturated carbocycles. The number of benzene rings is 2. The molecule has 2 N–H and O–H groups in total. The molecule has 0 atom stereocenters. The van der Waals surface area contributed by atoms with Crippen LogP contribution in [0.1, 0.15) is 20.7 Å². The van der Waals surface area contributed by atoms with Gasteiger partial charge in [0.15, 0.2) is 0 Å². The minimum atomic E-state index is -2.94. The minimum Gasteiger partial charge on any atom is -0.435 e. The first-order valence-electron chi connectivity index (χ1n) is 6.37. The number of carbonyl (C=O) groups is 2. The van der Waals surface area contributed by atoms with Crippen LogP contribution in [-0.4, -0.2) is 18.4 Å². The van der Waals surface area contributed by atoms with Crippen molar-refractivity contribution in [3.8, 4) is 5.75 Å². The number of nitrogens with one attached hydrogen (secondary N) is 2. The van der Waals surface area contributed by atoms with Crippen LogP contribution < -0.4 is 15.6 Å². The molecule has 0 spiro atoms. The van der Waals surface area contributed by atoms with Crippen LogP contribution >= 0.6 is 11.6 Å². The van der Waals surface area contributed by atoms with Crippen LogP contribution in [0, 0.1) is 0 Å². The molecule has 0 fully saturated rings. The van der Waals surface area contributed by atoms with E-state index in [0.717, 1.165) is 0 Å². The lowest BCUT2D eigenvalue weighted by Crippen LogP contribution is -2.41. The normalized spacial score (nSPS) is 10.3. The van der Waals surface area contributed by atoms with Crippen LogP contribution in [0.3, 0.4) is 0 Å². The van der Waals surface area contributed by atoms with Gasteiger partial charge in [-0.05, 0) is 48.5 Å². The number of hydrogen-bond acceptors (Lipinski definition) is 3. The van der Waals surface area contributed by atoms with E-state index < -0.39 is 18.4 Å². The van der Waals surface area contributed by atoms with Crippen LogP contribution in [0.2, 0.25) is 5.02 Å². The molecule has 5 nitrogen and oxygen atoms in total. The molecule has 0 aliphatic carbocycles. The number of halogens is 3. The predicted molar refractivity (Wildman–Crippen MR) is 79.5 cm³/mol. The van der Waals surface area contributed by atoms with E-state index in [4.69, 9.17) is 11.6 Å². The fourth-order valence-corrected chi connectivity index (χ4v) is 1.77. The third-order valence-corrected chi connectivity index (χ3v) is 2.99. The molecular weight excluding hydrogens is 330 g/mol. The molecule has 0 aromatic heterocycles. The molecule has 23 heavy (non-hydrogen) atoms. The van der Waals surface area contributed by atoms with Crippen LogP contribution in [0.5, 0.6) is 5.75 Å². The van der Waals surface area contributed by atoms with E-state index >= 15 is 0 Å². The van der Waals surface area contributed by atoms with E-state index in [1.165, 1.54) is 36.4 Å². The molecule has 2 amide bonds. The van der Waals surface area contributed by atoms with Gasteiger partial charge in [0.25, 0.3) is 11.8 Å². The number of ether oxygens (including phenoxy) is 1. The highest BCUT2D eigenvalue weighted by Crippen LogP contribution is 2.14. The third-order valence-electron chi connectivity index (χ3n) is 2.74. The summed E-state index contributed by atoms with van der Waals surface area (Å²) in [5, 5.41) is 0.483. The van der Waals surface area contributed by atoms with Crippen LogP contribution in [0.15, 0.2) is 48.5 Å². The van der Waals surface area contributed by atoms with Gasteiger partial charge in [-0.15, -0.1) is 0 Å². The second-order valence-corrected chi connectivity index (χ2v) is 4.75. The number of rotatable bonds is 4. The summed E-state index contributed by atoms with van der Waals surface area (Å²) in [6.45, 7) is -2.94. The number of hydrazine groups is 1. The lowest BCUT2D eigenvalue weighted by atomic mass is 10.2. The Bertz CT molecular complexity index is 691. The molecule has 2 rings (SSSR count). The summed E-state index contributed by atoms with van der Waals surface area (Å²) in [4.78, 5) is 23.6. The van der Waals surface area contributed by atoms with E-state index in [9.17, 15) is 18.4 Å². The van der Waals surface area contributed by atoms with Crippen LogP contribution in [0.4, 0.5) is 8.78 Å². The topological polar surface area (TPSA) is 67.4 Å². The van der Waals surface area contributed by atoms with Crippen LogP contribution in [0.25, 0.3) is 0 Å². The van der Waals surface area contributed by atoms with Crippen molar-refractivity contribution in [2.24, 2.45) is 0 Å². The summed E-state index contributed by atoms with van der Waals surface area (Å²) in [5.41, 5.74) is 4.93.